The first-order valence-electron chi connectivity index (χ1n) is 8.49. The third kappa shape index (κ3) is 3.52. The lowest BCUT2D eigenvalue weighted by molar-refractivity contribution is -0.137. The van der Waals surface area contributed by atoms with Crippen molar-refractivity contribution in [3.63, 3.8) is 0 Å². The van der Waals surface area contributed by atoms with Crippen LogP contribution in [0.4, 0.5) is 13.2 Å². The molecule has 4 rings (SSSR count). The average Bonchev–Trinajstić information content (AvgIpc) is 3.14. The van der Waals surface area contributed by atoms with Crippen LogP contribution in [0.1, 0.15) is 22.7 Å². The molecule has 0 spiro atoms. The SMILES string of the molecule is Oc1c(C(c2ccc(C(F)(F)F)cc2)N2CCOCC2)ccc2scnc12. The molecule has 8 heteroatoms. The van der Waals surface area contributed by atoms with Gasteiger partial charge in [0.15, 0.2) is 0 Å². The molecule has 2 aromatic carbocycles. The van der Waals surface area contributed by atoms with Crippen LogP contribution >= 0.6 is 11.3 Å². The molecule has 0 radical (unpaired) electrons. The van der Waals surface area contributed by atoms with E-state index in [2.05, 4.69) is 9.88 Å². The molecule has 0 bridgehead atoms. The fraction of sp³-hybridized carbons (Fsp3) is 0.316. The van der Waals surface area contributed by atoms with Gasteiger partial charge in [-0.15, -0.1) is 11.3 Å². The Bertz CT molecular complexity index is 934. The highest BCUT2D eigenvalue weighted by Crippen LogP contribution is 2.40. The van der Waals surface area contributed by atoms with Crippen LogP contribution in [0.3, 0.4) is 0 Å². The second-order valence-corrected chi connectivity index (χ2v) is 7.26. The van der Waals surface area contributed by atoms with E-state index in [9.17, 15) is 18.3 Å². The van der Waals surface area contributed by atoms with Crippen molar-refractivity contribution in [1.29, 1.82) is 0 Å². The summed E-state index contributed by atoms with van der Waals surface area (Å²) < 4.78 is 45.1. The van der Waals surface area contributed by atoms with Gasteiger partial charge in [0, 0.05) is 18.7 Å². The van der Waals surface area contributed by atoms with Crippen LogP contribution in [0.5, 0.6) is 5.75 Å². The van der Waals surface area contributed by atoms with Crippen LogP contribution in [0, 0.1) is 0 Å². The second-order valence-electron chi connectivity index (χ2n) is 6.37. The van der Waals surface area contributed by atoms with Crippen molar-refractivity contribution in [3.8, 4) is 5.75 Å². The molecule has 1 N–H and O–H groups in total. The van der Waals surface area contributed by atoms with Gasteiger partial charge in [0.1, 0.15) is 11.3 Å². The monoisotopic (exact) mass is 394 g/mol. The van der Waals surface area contributed by atoms with Gasteiger partial charge in [-0.25, -0.2) is 4.98 Å². The summed E-state index contributed by atoms with van der Waals surface area (Å²) in [5.74, 6) is 0.0742. The molecule has 4 nitrogen and oxygen atoms in total. The molecule has 1 saturated heterocycles. The standard InChI is InChI=1S/C19H17F3N2O2S/c20-19(21,22)13-3-1-12(2-4-13)17(24-7-9-26-10-8-24)14-5-6-15-16(18(14)25)23-11-27-15/h1-6,11,17,25H,7-10H2. The zero-order valence-electron chi connectivity index (χ0n) is 14.2. The minimum Gasteiger partial charge on any atom is -0.505 e. The van der Waals surface area contributed by atoms with Crippen LogP contribution in [0.15, 0.2) is 41.9 Å². The average molecular weight is 394 g/mol. The number of phenolic OH excluding ortho intramolecular Hbond substituents is 1. The van der Waals surface area contributed by atoms with Crippen molar-refractivity contribution >= 4 is 21.6 Å². The molecule has 3 aromatic rings. The van der Waals surface area contributed by atoms with Gasteiger partial charge in [-0.1, -0.05) is 18.2 Å². The van der Waals surface area contributed by atoms with Gasteiger partial charge in [-0.05, 0) is 23.8 Å². The normalized spacial score (nSPS) is 17.3. The molecule has 142 valence electrons. The Labute approximate surface area is 157 Å². The minimum atomic E-state index is -4.38. The maximum absolute atomic E-state index is 12.9. The van der Waals surface area contributed by atoms with Crippen LogP contribution in [0.2, 0.25) is 0 Å². The van der Waals surface area contributed by atoms with Crippen molar-refractivity contribution < 1.29 is 23.0 Å². The third-order valence-corrected chi connectivity index (χ3v) is 5.56. The predicted octanol–water partition coefficient (Wildman–Crippen LogP) is 4.44. The predicted molar refractivity (Wildman–Crippen MR) is 97.0 cm³/mol. The van der Waals surface area contributed by atoms with Crippen LogP contribution in [0.25, 0.3) is 10.2 Å². The number of hydrogen-bond acceptors (Lipinski definition) is 5. The number of ether oxygens (including phenoxy) is 1. The number of benzene rings is 2. The van der Waals surface area contributed by atoms with Gasteiger partial charge >= 0.3 is 6.18 Å². The lowest BCUT2D eigenvalue weighted by Gasteiger charge is -2.35. The van der Waals surface area contributed by atoms with Crippen molar-refractivity contribution in [2.45, 2.75) is 12.2 Å². The molecular weight excluding hydrogens is 377 g/mol. The zero-order valence-corrected chi connectivity index (χ0v) is 15.1. The van der Waals surface area contributed by atoms with Crippen LogP contribution < -0.4 is 0 Å². The summed E-state index contributed by atoms with van der Waals surface area (Å²) in [7, 11) is 0. The van der Waals surface area contributed by atoms with Gasteiger partial charge in [-0.3, -0.25) is 4.90 Å². The number of nitrogens with zero attached hydrogens (tertiary/aromatic N) is 2. The minimum absolute atomic E-state index is 0.0742. The van der Waals surface area contributed by atoms with Crippen LogP contribution in [-0.2, 0) is 10.9 Å². The van der Waals surface area contributed by atoms with E-state index in [4.69, 9.17) is 4.74 Å². The molecule has 1 unspecified atom stereocenters. The molecule has 27 heavy (non-hydrogen) atoms. The van der Waals surface area contributed by atoms with Gasteiger partial charge in [0.05, 0.1) is 35.0 Å². The number of hydrogen-bond donors (Lipinski definition) is 1. The Morgan fingerprint density at radius 1 is 1.07 bits per heavy atom. The van der Waals surface area contributed by atoms with E-state index in [1.807, 2.05) is 12.1 Å². The summed E-state index contributed by atoms with van der Waals surface area (Å²) in [6, 6.07) is 8.47. The second kappa shape index (κ2) is 7.10. The van der Waals surface area contributed by atoms with Crippen molar-refractivity contribution in [2.24, 2.45) is 0 Å². The molecule has 1 aliphatic heterocycles. The van der Waals surface area contributed by atoms with Crippen LogP contribution in [-0.4, -0.2) is 41.3 Å². The maximum atomic E-state index is 12.9. The number of fused-ring (bicyclic) bond motifs is 1. The number of rotatable bonds is 3. The zero-order chi connectivity index (χ0) is 19.0. The molecule has 1 fully saturated rings. The first-order valence-corrected chi connectivity index (χ1v) is 9.37. The van der Waals surface area contributed by atoms with E-state index in [1.165, 1.54) is 23.5 Å². The van der Waals surface area contributed by atoms with E-state index in [0.29, 0.717) is 42.9 Å². The van der Waals surface area contributed by atoms with Gasteiger partial charge in [-0.2, -0.15) is 13.2 Å². The topological polar surface area (TPSA) is 45.6 Å². The number of aromatic hydroxyl groups is 1. The Kier molecular flexibility index (Phi) is 4.79. The van der Waals surface area contributed by atoms with E-state index < -0.39 is 11.7 Å². The third-order valence-electron chi connectivity index (χ3n) is 4.77. The molecular formula is C19H17F3N2O2S. The van der Waals surface area contributed by atoms with Gasteiger partial charge < -0.3 is 9.84 Å². The lowest BCUT2D eigenvalue weighted by atomic mass is 9.94. The van der Waals surface area contributed by atoms with E-state index >= 15 is 0 Å². The molecule has 1 atom stereocenters. The fourth-order valence-electron chi connectivity index (χ4n) is 3.43. The highest BCUT2D eigenvalue weighted by Gasteiger charge is 2.32. The first-order chi connectivity index (χ1) is 12.9. The van der Waals surface area contributed by atoms with Crippen molar-refractivity contribution in [1.82, 2.24) is 9.88 Å². The number of alkyl halides is 3. The molecule has 1 aliphatic rings. The Hall–Kier alpha value is -2.16. The van der Waals surface area contributed by atoms with Gasteiger partial charge in [0.2, 0.25) is 0 Å². The highest BCUT2D eigenvalue weighted by molar-refractivity contribution is 7.16. The molecule has 0 aliphatic carbocycles. The quantitative estimate of drug-likeness (QED) is 0.713. The van der Waals surface area contributed by atoms with Gasteiger partial charge in [0.25, 0.3) is 0 Å². The Balaban J connectivity index is 1.80. The van der Waals surface area contributed by atoms with Crippen molar-refractivity contribution in [2.75, 3.05) is 26.3 Å². The molecule has 0 saturated carbocycles. The first kappa shape index (κ1) is 18.2. The van der Waals surface area contributed by atoms with E-state index in [-0.39, 0.29) is 11.8 Å². The maximum Gasteiger partial charge on any atom is 0.416 e. The summed E-state index contributed by atoms with van der Waals surface area (Å²) in [5.41, 5.74) is 2.81. The summed E-state index contributed by atoms with van der Waals surface area (Å²) in [4.78, 5) is 6.33. The highest BCUT2D eigenvalue weighted by atomic mass is 32.1. The number of halogens is 3. The summed E-state index contributed by atoms with van der Waals surface area (Å²) in [5, 5.41) is 10.8. The van der Waals surface area contributed by atoms with E-state index in [1.54, 1.807) is 5.51 Å². The Morgan fingerprint density at radius 3 is 2.44 bits per heavy atom. The summed E-state index contributed by atoms with van der Waals surface area (Å²) >= 11 is 1.43. The molecule has 0 amide bonds. The molecule has 2 heterocycles. The summed E-state index contributed by atoms with van der Waals surface area (Å²) in [6.07, 6.45) is -4.38. The number of thiazole rings is 1. The number of aromatic nitrogens is 1. The number of morpholine rings is 1. The summed E-state index contributed by atoms with van der Waals surface area (Å²) in [6.45, 7) is 2.33. The smallest absolute Gasteiger partial charge is 0.416 e. The molecule has 1 aromatic heterocycles. The fourth-order valence-corrected chi connectivity index (χ4v) is 4.11. The Morgan fingerprint density at radius 2 is 1.78 bits per heavy atom. The largest absolute Gasteiger partial charge is 0.505 e. The van der Waals surface area contributed by atoms with Crippen molar-refractivity contribution in [3.05, 3.63) is 58.6 Å². The number of phenols is 1. The van der Waals surface area contributed by atoms with E-state index in [0.717, 1.165) is 16.8 Å². The lowest BCUT2D eigenvalue weighted by Crippen LogP contribution is -2.39.